The number of carbonyl (C=O) groups excluding carboxylic acids is 2. The third-order valence-corrected chi connectivity index (χ3v) is 5.36. The number of carbonyl (C=O) groups is 2. The Balaban J connectivity index is 1.90. The number of nitrogens with zero attached hydrogens (tertiary/aromatic N) is 2. The van der Waals surface area contributed by atoms with Crippen LogP contribution >= 0.6 is 23.1 Å². The van der Waals surface area contributed by atoms with Gasteiger partial charge in [0.05, 0.1) is 13.0 Å². The van der Waals surface area contributed by atoms with Crippen molar-refractivity contribution in [2.75, 3.05) is 11.9 Å². The lowest BCUT2D eigenvalue weighted by Crippen LogP contribution is -2.19. The maximum absolute atomic E-state index is 12.9. The van der Waals surface area contributed by atoms with Gasteiger partial charge in [0.15, 0.2) is 4.34 Å². The molecule has 1 atom stereocenters. The molecule has 1 amide bonds. The average molecular weight is 383 g/mol. The van der Waals surface area contributed by atoms with Crippen LogP contribution in [0.4, 0.5) is 9.52 Å². The van der Waals surface area contributed by atoms with Crippen molar-refractivity contribution >= 4 is 40.1 Å². The Kier molecular flexibility index (Phi) is 7.32. The molecule has 0 aliphatic rings. The molecular weight excluding hydrogens is 365 g/mol. The molecule has 0 saturated heterocycles. The van der Waals surface area contributed by atoms with Crippen LogP contribution in [0.3, 0.4) is 0 Å². The van der Waals surface area contributed by atoms with Crippen LogP contribution in [0, 0.1) is 5.82 Å². The van der Waals surface area contributed by atoms with E-state index in [1.807, 2.05) is 6.92 Å². The fourth-order valence-electron chi connectivity index (χ4n) is 1.91. The normalized spacial score (nSPS) is 11.8. The van der Waals surface area contributed by atoms with Gasteiger partial charge in [-0.05, 0) is 31.0 Å². The van der Waals surface area contributed by atoms with Crippen molar-refractivity contribution in [3.8, 4) is 0 Å². The molecule has 0 unspecified atom stereocenters. The topological polar surface area (TPSA) is 81.2 Å². The third kappa shape index (κ3) is 6.09. The summed E-state index contributed by atoms with van der Waals surface area (Å²) in [7, 11) is 0. The van der Waals surface area contributed by atoms with E-state index in [0.717, 1.165) is 0 Å². The highest BCUT2D eigenvalue weighted by molar-refractivity contribution is 8.02. The number of rotatable bonds is 8. The first kappa shape index (κ1) is 19.3. The number of amides is 1. The van der Waals surface area contributed by atoms with E-state index in [2.05, 4.69) is 15.5 Å². The number of anilines is 1. The molecule has 0 radical (unpaired) electrons. The second kappa shape index (κ2) is 9.47. The van der Waals surface area contributed by atoms with Gasteiger partial charge in [-0.2, -0.15) is 0 Å². The Bertz CT molecular complexity index is 722. The van der Waals surface area contributed by atoms with E-state index in [1.165, 1.54) is 35.2 Å². The molecule has 0 aliphatic heterocycles. The van der Waals surface area contributed by atoms with Gasteiger partial charge in [0.25, 0.3) is 0 Å². The fraction of sp³-hybridized carbons (Fsp3) is 0.375. The molecule has 1 aromatic carbocycles. The number of aromatic nitrogens is 2. The molecule has 0 spiro atoms. The van der Waals surface area contributed by atoms with Crippen molar-refractivity contribution < 1.29 is 18.7 Å². The number of thioether (sulfide) groups is 1. The minimum atomic E-state index is -0.351. The highest BCUT2D eigenvalue weighted by Gasteiger charge is 2.21. The van der Waals surface area contributed by atoms with Crippen molar-refractivity contribution in [3.63, 3.8) is 0 Å². The van der Waals surface area contributed by atoms with Crippen molar-refractivity contribution in [3.05, 3.63) is 35.6 Å². The van der Waals surface area contributed by atoms with Gasteiger partial charge < -0.3 is 10.1 Å². The molecule has 2 aromatic rings. The number of hydrogen-bond acceptors (Lipinski definition) is 7. The molecule has 0 aliphatic carbocycles. The zero-order chi connectivity index (χ0) is 18.2. The summed E-state index contributed by atoms with van der Waals surface area (Å²) in [6.07, 6.45) is 0.720. The van der Waals surface area contributed by atoms with Crippen LogP contribution in [-0.4, -0.2) is 33.9 Å². The maximum atomic E-state index is 12.9. The van der Waals surface area contributed by atoms with E-state index < -0.39 is 0 Å². The van der Waals surface area contributed by atoms with E-state index in [9.17, 15) is 14.0 Å². The molecular formula is C16H18FN3O3S2. The smallest absolute Gasteiger partial charge is 0.319 e. The summed E-state index contributed by atoms with van der Waals surface area (Å²) in [6.45, 7) is 3.98. The minimum absolute atomic E-state index is 0.114. The standard InChI is InChI=1S/C16H18FN3O3S2/c1-3-12(14(22)23-4-2)24-16-20-19-15(25-16)18-13(21)9-10-5-7-11(17)8-6-10/h5-8,12H,3-4,9H2,1-2H3,(H,18,19,21)/t12-/m1/s1. The van der Waals surface area contributed by atoms with Gasteiger partial charge in [-0.3, -0.25) is 9.59 Å². The first-order valence-corrected chi connectivity index (χ1v) is 9.42. The number of benzene rings is 1. The molecule has 1 aromatic heterocycles. The van der Waals surface area contributed by atoms with Crippen molar-refractivity contribution in [1.82, 2.24) is 10.2 Å². The number of halogens is 1. The van der Waals surface area contributed by atoms with E-state index in [1.54, 1.807) is 19.1 Å². The highest BCUT2D eigenvalue weighted by Crippen LogP contribution is 2.31. The molecule has 0 bridgehead atoms. The summed E-state index contributed by atoms with van der Waals surface area (Å²) in [4.78, 5) is 23.8. The second-order valence-electron chi connectivity index (χ2n) is 4.99. The molecule has 1 heterocycles. The summed E-state index contributed by atoms with van der Waals surface area (Å²) >= 11 is 2.46. The van der Waals surface area contributed by atoms with Crippen molar-refractivity contribution in [2.45, 2.75) is 36.3 Å². The van der Waals surface area contributed by atoms with E-state index in [-0.39, 0.29) is 29.4 Å². The van der Waals surface area contributed by atoms with Crippen LogP contribution in [-0.2, 0) is 20.7 Å². The number of nitrogens with one attached hydrogen (secondary N) is 1. The quantitative estimate of drug-likeness (QED) is 0.428. The first-order valence-electron chi connectivity index (χ1n) is 7.72. The zero-order valence-electron chi connectivity index (χ0n) is 13.8. The largest absolute Gasteiger partial charge is 0.465 e. The Morgan fingerprint density at radius 3 is 2.64 bits per heavy atom. The van der Waals surface area contributed by atoms with Crippen LogP contribution in [0.1, 0.15) is 25.8 Å². The first-order chi connectivity index (χ1) is 12.0. The summed E-state index contributed by atoms with van der Waals surface area (Å²) in [5.74, 6) is -0.897. The lowest BCUT2D eigenvalue weighted by Gasteiger charge is -2.10. The molecule has 0 fully saturated rings. The number of ether oxygens (including phenoxy) is 1. The van der Waals surface area contributed by atoms with Gasteiger partial charge >= 0.3 is 5.97 Å². The van der Waals surface area contributed by atoms with Crippen molar-refractivity contribution in [1.29, 1.82) is 0 Å². The highest BCUT2D eigenvalue weighted by atomic mass is 32.2. The molecule has 1 N–H and O–H groups in total. The van der Waals surface area contributed by atoms with Gasteiger partial charge in [-0.1, -0.05) is 42.2 Å². The van der Waals surface area contributed by atoms with Crippen LogP contribution in [0.2, 0.25) is 0 Å². The van der Waals surface area contributed by atoms with Gasteiger partial charge in [-0.15, -0.1) is 10.2 Å². The Labute approximate surface area is 153 Å². The third-order valence-electron chi connectivity index (χ3n) is 3.09. The van der Waals surface area contributed by atoms with E-state index >= 15 is 0 Å². The molecule has 6 nitrogen and oxygen atoms in total. The summed E-state index contributed by atoms with van der Waals surface area (Å²) in [5.41, 5.74) is 0.700. The lowest BCUT2D eigenvalue weighted by atomic mass is 10.1. The lowest BCUT2D eigenvalue weighted by molar-refractivity contribution is -0.142. The number of esters is 1. The zero-order valence-corrected chi connectivity index (χ0v) is 15.5. The number of hydrogen-bond donors (Lipinski definition) is 1. The monoisotopic (exact) mass is 383 g/mol. The van der Waals surface area contributed by atoms with E-state index in [0.29, 0.717) is 28.1 Å². The van der Waals surface area contributed by atoms with Gasteiger partial charge in [0.2, 0.25) is 11.0 Å². The van der Waals surface area contributed by atoms with Gasteiger partial charge in [0.1, 0.15) is 11.1 Å². The Morgan fingerprint density at radius 1 is 1.28 bits per heavy atom. The predicted molar refractivity (Wildman–Crippen MR) is 95.2 cm³/mol. The summed E-state index contributed by atoms with van der Waals surface area (Å²) < 4.78 is 18.5. The SMILES string of the molecule is CCOC(=O)[C@@H](CC)Sc1nnc(NC(=O)Cc2ccc(F)cc2)s1. The molecule has 25 heavy (non-hydrogen) atoms. The molecule has 134 valence electrons. The van der Waals surface area contributed by atoms with Gasteiger partial charge in [-0.25, -0.2) is 4.39 Å². The molecule has 9 heteroatoms. The predicted octanol–water partition coefficient (Wildman–Crippen LogP) is 3.29. The minimum Gasteiger partial charge on any atom is -0.465 e. The molecule has 2 rings (SSSR count). The summed E-state index contributed by atoms with van der Waals surface area (Å²) in [5, 5.41) is 10.5. The summed E-state index contributed by atoms with van der Waals surface area (Å²) in [6, 6.07) is 5.73. The van der Waals surface area contributed by atoms with Crippen LogP contribution in [0.25, 0.3) is 0 Å². The van der Waals surface area contributed by atoms with E-state index in [4.69, 9.17) is 4.74 Å². The Hall–Kier alpha value is -2.00. The average Bonchev–Trinajstić information content (AvgIpc) is 3.01. The van der Waals surface area contributed by atoms with Crippen LogP contribution in [0.15, 0.2) is 28.6 Å². The van der Waals surface area contributed by atoms with Gasteiger partial charge in [0, 0.05) is 0 Å². The van der Waals surface area contributed by atoms with Crippen LogP contribution in [0.5, 0.6) is 0 Å². The van der Waals surface area contributed by atoms with Crippen molar-refractivity contribution in [2.24, 2.45) is 0 Å². The Morgan fingerprint density at radius 2 is 2.00 bits per heavy atom. The maximum Gasteiger partial charge on any atom is 0.319 e. The second-order valence-corrected chi connectivity index (χ2v) is 7.42. The van der Waals surface area contributed by atoms with Crippen LogP contribution < -0.4 is 5.32 Å². The fourth-order valence-corrected chi connectivity index (χ4v) is 3.85. The molecule has 0 saturated carbocycles.